The molecule has 0 aliphatic carbocycles. The van der Waals surface area contributed by atoms with Crippen molar-refractivity contribution in [2.24, 2.45) is 5.84 Å². The number of amides is 1. The third-order valence-corrected chi connectivity index (χ3v) is 3.13. The lowest BCUT2D eigenvalue weighted by molar-refractivity contribution is -0.0667. The number of hydrogen-bond donors (Lipinski definition) is 3. The van der Waals surface area contributed by atoms with E-state index < -0.39 is 0 Å². The number of morpholine rings is 1. The minimum Gasteiger partial charge on any atom is -0.394 e. The number of aliphatic hydroxyl groups excluding tert-OH is 1. The number of aliphatic hydroxyl groups is 1. The SMILES string of the molecule is CC1COC(CO)CN1C(=O)c1ccc(NN)nc1. The van der Waals surface area contributed by atoms with Crippen LogP contribution in [0, 0.1) is 0 Å². The van der Waals surface area contributed by atoms with Gasteiger partial charge in [-0.25, -0.2) is 10.8 Å². The maximum absolute atomic E-state index is 12.4. The summed E-state index contributed by atoms with van der Waals surface area (Å²) >= 11 is 0. The van der Waals surface area contributed by atoms with Crippen LogP contribution in [0.1, 0.15) is 17.3 Å². The molecule has 19 heavy (non-hydrogen) atoms. The summed E-state index contributed by atoms with van der Waals surface area (Å²) in [5, 5.41) is 9.12. The Hall–Kier alpha value is -1.70. The highest BCUT2D eigenvalue weighted by molar-refractivity contribution is 5.94. The minimum absolute atomic E-state index is 0.0254. The lowest BCUT2D eigenvalue weighted by Gasteiger charge is -2.37. The number of nitrogens with one attached hydrogen (secondary N) is 1. The van der Waals surface area contributed by atoms with Crippen molar-refractivity contribution in [1.82, 2.24) is 9.88 Å². The Balaban J connectivity index is 2.12. The van der Waals surface area contributed by atoms with Crippen molar-refractivity contribution in [3.8, 4) is 0 Å². The number of hydrogen-bond acceptors (Lipinski definition) is 6. The number of hydrazine groups is 1. The molecule has 1 aliphatic rings. The van der Waals surface area contributed by atoms with Crippen molar-refractivity contribution >= 4 is 11.7 Å². The van der Waals surface area contributed by atoms with Crippen LogP contribution in [0.25, 0.3) is 0 Å². The molecule has 7 nitrogen and oxygen atoms in total. The summed E-state index contributed by atoms with van der Waals surface area (Å²) in [6, 6.07) is 3.28. The van der Waals surface area contributed by atoms with Gasteiger partial charge in [-0.05, 0) is 19.1 Å². The molecule has 2 heterocycles. The Labute approximate surface area is 111 Å². The van der Waals surface area contributed by atoms with E-state index in [1.807, 2.05) is 6.92 Å². The van der Waals surface area contributed by atoms with Gasteiger partial charge >= 0.3 is 0 Å². The number of nitrogens with zero attached hydrogens (tertiary/aromatic N) is 2. The largest absolute Gasteiger partial charge is 0.394 e. The van der Waals surface area contributed by atoms with E-state index in [1.54, 1.807) is 17.0 Å². The fourth-order valence-electron chi connectivity index (χ4n) is 1.98. The van der Waals surface area contributed by atoms with E-state index in [2.05, 4.69) is 10.4 Å². The number of nitrogens with two attached hydrogens (primary N) is 1. The van der Waals surface area contributed by atoms with Gasteiger partial charge in [0.1, 0.15) is 5.82 Å². The van der Waals surface area contributed by atoms with Crippen LogP contribution in [0.5, 0.6) is 0 Å². The smallest absolute Gasteiger partial charge is 0.255 e. The summed E-state index contributed by atoms with van der Waals surface area (Å²) < 4.78 is 5.41. The van der Waals surface area contributed by atoms with Crippen molar-refractivity contribution in [3.05, 3.63) is 23.9 Å². The van der Waals surface area contributed by atoms with E-state index in [0.717, 1.165) is 0 Å². The second-order valence-corrected chi connectivity index (χ2v) is 4.52. The van der Waals surface area contributed by atoms with Gasteiger partial charge in [0.15, 0.2) is 0 Å². The summed E-state index contributed by atoms with van der Waals surface area (Å²) in [6.45, 7) is 2.62. The lowest BCUT2D eigenvalue weighted by Crippen LogP contribution is -2.52. The third kappa shape index (κ3) is 3.01. The van der Waals surface area contributed by atoms with Crippen LogP contribution in [0.3, 0.4) is 0 Å². The van der Waals surface area contributed by atoms with E-state index in [0.29, 0.717) is 24.5 Å². The molecule has 7 heteroatoms. The van der Waals surface area contributed by atoms with Crippen LogP contribution >= 0.6 is 0 Å². The van der Waals surface area contributed by atoms with Gasteiger partial charge in [-0.3, -0.25) is 4.79 Å². The fraction of sp³-hybridized carbons (Fsp3) is 0.500. The minimum atomic E-state index is -0.321. The molecule has 2 atom stereocenters. The Morgan fingerprint density at radius 2 is 2.47 bits per heavy atom. The van der Waals surface area contributed by atoms with Gasteiger partial charge in [0.25, 0.3) is 5.91 Å². The average molecular weight is 266 g/mol. The van der Waals surface area contributed by atoms with Crippen LogP contribution in [-0.2, 0) is 4.74 Å². The average Bonchev–Trinajstić information content (AvgIpc) is 2.47. The summed E-state index contributed by atoms with van der Waals surface area (Å²) in [7, 11) is 0. The molecule has 1 saturated heterocycles. The van der Waals surface area contributed by atoms with Gasteiger partial charge < -0.3 is 20.2 Å². The molecule has 0 saturated carbocycles. The standard InChI is InChI=1S/C12H18N4O3/c1-8-7-19-10(6-17)5-16(8)12(18)9-2-3-11(15-13)14-4-9/h2-4,8,10,17H,5-7,13H2,1H3,(H,14,15). The first-order valence-corrected chi connectivity index (χ1v) is 6.11. The molecule has 1 amide bonds. The maximum Gasteiger partial charge on any atom is 0.255 e. The van der Waals surface area contributed by atoms with E-state index in [9.17, 15) is 4.79 Å². The topological polar surface area (TPSA) is 101 Å². The second-order valence-electron chi connectivity index (χ2n) is 4.52. The molecule has 0 radical (unpaired) electrons. The molecule has 1 aromatic heterocycles. The number of pyridine rings is 1. The first kappa shape index (κ1) is 13.7. The molecule has 2 rings (SSSR count). The number of aromatic nitrogens is 1. The Bertz CT molecular complexity index is 437. The first-order valence-electron chi connectivity index (χ1n) is 6.11. The zero-order chi connectivity index (χ0) is 13.8. The van der Waals surface area contributed by atoms with Crippen molar-refractivity contribution in [3.63, 3.8) is 0 Å². The molecular weight excluding hydrogens is 248 g/mol. The molecule has 0 aromatic carbocycles. The predicted octanol–water partition coefficient (Wildman–Crippen LogP) is -0.411. The second kappa shape index (κ2) is 5.96. The van der Waals surface area contributed by atoms with Crippen LogP contribution < -0.4 is 11.3 Å². The fourth-order valence-corrected chi connectivity index (χ4v) is 1.98. The van der Waals surface area contributed by atoms with Gasteiger partial charge in [-0.15, -0.1) is 0 Å². The normalized spacial score (nSPS) is 23.2. The number of carbonyl (C=O) groups is 1. The van der Waals surface area contributed by atoms with Gasteiger partial charge in [-0.2, -0.15) is 0 Å². The van der Waals surface area contributed by atoms with Crippen LogP contribution in [-0.4, -0.2) is 52.8 Å². The highest BCUT2D eigenvalue weighted by Crippen LogP contribution is 2.15. The number of ether oxygens (including phenoxy) is 1. The Kier molecular flexibility index (Phi) is 4.31. The molecule has 4 N–H and O–H groups in total. The number of rotatable bonds is 3. The summed E-state index contributed by atoms with van der Waals surface area (Å²) in [5.74, 6) is 5.60. The maximum atomic E-state index is 12.4. The van der Waals surface area contributed by atoms with E-state index in [4.69, 9.17) is 15.7 Å². The quantitative estimate of drug-likeness (QED) is 0.508. The van der Waals surface area contributed by atoms with Crippen molar-refractivity contribution in [2.45, 2.75) is 19.1 Å². The predicted molar refractivity (Wildman–Crippen MR) is 69.4 cm³/mol. The van der Waals surface area contributed by atoms with Gasteiger partial charge in [-0.1, -0.05) is 0 Å². The molecule has 1 aliphatic heterocycles. The molecule has 0 bridgehead atoms. The summed E-state index contributed by atoms with van der Waals surface area (Å²) in [5.41, 5.74) is 2.90. The lowest BCUT2D eigenvalue weighted by atomic mass is 10.1. The zero-order valence-electron chi connectivity index (χ0n) is 10.7. The Morgan fingerprint density at radius 1 is 1.68 bits per heavy atom. The summed E-state index contributed by atoms with van der Waals surface area (Å²) in [4.78, 5) is 18.1. The van der Waals surface area contributed by atoms with Gasteiger partial charge in [0.2, 0.25) is 0 Å². The van der Waals surface area contributed by atoms with Crippen LogP contribution in [0.2, 0.25) is 0 Å². The first-order chi connectivity index (χ1) is 9.15. The monoisotopic (exact) mass is 266 g/mol. The number of anilines is 1. The third-order valence-electron chi connectivity index (χ3n) is 3.13. The number of carbonyl (C=O) groups excluding carboxylic acids is 1. The van der Waals surface area contributed by atoms with Crippen LogP contribution in [0.15, 0.2) is 18.3 Å². The molecular formula is C12H18N4O3. The van der Waals surface area contributed by atoms with Crippen molar-refractivity contribution in [2.75, 3.05) is 25.2 Å². The van der Waals surface area contributed by atoms with E-state index in [-0.39, 0.29) is 24.7 Å². The zero-order valence-corrected chi connectivity index (χ0v) is 10.7. The molecule has 0 spiro atoms. The Morgan fingerprint density at radius 3 is 3.05 bits per heavy atom. The van der Waals surface area contributed by atoms with Crippen molar-refractivity contribution in [1.29, 1.82) is 0 Å². The highest BCUT2D eigenvalue weighted by Gasteiger charge is 2.29. The van der Waals surface area contributed by atoms with Gasteiger partial charge in [0, 0.05) is 12.7 Å². The van der Waals surface area contributed by atoms with Crippen molar-refractivity contribution < 1.29 is 14.6 Å². The molecule has 2 unspecified atom stereocenters. The van der Waals surface area contributed by atoms with E-state index in [1.165, 1.54) is 6.20 Å². The molecule has 1 fully saturated rings. The van der Waals surface area contributed by atoms with E-state index >= 15 is 0 Å². The van der Waals surface area contributed by atoms with Gasteiger partial charge in [0.05, 0.1) is 30.9 Å². The van der Waals surface area contributed by atoms with Crippen LogP contribution in [0.4, 0.5) is 5.82 Å². The molecule has 1 aromatic rings. The summed E-state index contributed by atoms with van der Waals surface area (Å²) in [6.07, 6.45) is 1.16. The highest BCUT2D eigenvalue weighted by atomic mass is 16.5. The number of nitrogen functional groups attached to an aromatic ring is 1. The molecule has 104 valence electrons.